The fourth-order valence-electron chi connectivity index (χ4n) is 0.795. The average Bonchev–Trinajstić information content (AvgIpc) is 2.75. The Morgan fingerprint density at radius 3 is 2.92 bits per heavy atom. The van der Waals surface area contributed by atoms with E-state index in [9.17, 15) is 0 Å². The van der Waals surface area contributed by atoms with Crippen LogP contribution in [0.15, 0.2) is 17.1 Å². The summed E-state index contributed by atoms with van der Waals surface area (Å²) in [6.45, 7) is 0. The first-order valence-electron chi connectivity index (χ1n) is 3.21. The maximum absolute atomic E-state index is 5.20. The van der Waals surface area contributed by atoms with Crippen LogP contribution in [-0.2, 0) is 0 Å². The summed E-state index contributed by atoms with van der Waals surface area (Å²) in [6, 6.07) is 0. The lowest BCUT2D eigenvalue weighted by Gasteiger charge is -1.88. The normalized spacial score (nSPS) is 10.1. The highest BCUT2D eigenvalue weighted by atomic mass is 32.1. The second-order valence-corrected chi connectivity index (χ2v) is 3.79. The molecule has 0 atom stereocenters. The van der Waals surface area contributed by atoms with Gasteiger partial charge in [0.2, 0.25) is 0 Å². The van der Waals surface area contributed by atoms with Gasteiger partial charge in [0.25, 0.3) is 0 Å². The van der Waals surface area contributed by atoms with E-state index in [2.05, 4.69) is 15.4 Å². The Morgan fingerprint density at radius 1 is 1.42 bits per heavy atom. The minimum Gasteiger partial charge on any atom is -0.300 e. The van der Waals surface area contributed by atoms with Crippen molar-refractivity contribution in [1.82, 2.24) is 9.97 Å². The van der Waals surface area contributed by atoms with E-state index in [0.717, 1.165) is 15.7 Å². The SMILES string of the molecule is NNc1nc(-c2cncs2)cs1. The van der Waals surface area contributed by atoms with Crippen molar-refractivity contribution < 1.29 is 0 Å². The molecule has 0 bridgehead atoms. The molecule has 0 aromatic carbocycles. The van der Waals surface area contributed by atoms with Gasteiger partial charge in [-0.25, -0.2) is 10.8 Å². The van der Waals surface area contributed by atoms with E-state index in [1.54, 1.807) is 23.0 Å². The molecule has 0 aliphatic carbocycles. The predicted molar refractivity (Wildman–Crippen MR) is 51.0 cm³/mol. The lowest BCUT2D eigenvalue weighted by Crippen LogP contribution is -2.05. The Kier molecular flexibility index (Phi) is 2.03. The molecule has 0 unspecified atom stereocenters. The fraction of sp³-hybridized carbons (Fsp3) is 0. The molecule has 4 nitrogen and oxygen atoms in total. The zero-order chi connectivity index (χ0) is 8.39. The molecule has 12 heavy (non-hydrogen) atoms. The second kappa shape index (κ2) is 3.18. The van der Waals surface area contributed by atoms with E-state index in [1.807, 2.05) is 5.38 Å². The number of nitrogens with zero attached hydrogens (tertiary/aromatic N) is 2. The number of thiazole rings is 2. The molecule has 0 aliphatic rings. The predicted octanol–water partition coefficient (Wildman–Crippen LogP) is 1.55. The highest BCUT2D eigenvalue weighted by Gasteiger charge is 2.03. The van der Waals surface area contributed by atoms with Crippen LogP contribution in [0.2, 0.25) is 0 Å². The molecule has 62 valence electrons. The Balaban J connectivity index is 2.35. The summed E-state index contributed by atoms with van der Waals surface area (Å²) >= 11 is 3.04. The van der Waals surface area contributed by atoms with Crippen LogP contribution >= 0.6 is 22.7 Å². The van der Waals surface area contributed by atoms with Gasteiger partial charge in [-0.05, 0) is 0 Å². The summed E-state index contributed by atoms with van der Waals surface area (Å²) in [6.07, 6.45) is 1.79. The highest BCUT2D eigenvalue weighted by molar-refractivity contribution is 7.15. The number of hydrazine groups is 1. The minimum absolute atomic E-state index is 0.721. The van der Waals surface area contributed by atoms with Crippen molar-refractivity contribution in [2.24, 2.45) is 5.84 Å². The molecule has 0 spiro atoms. The first-order valence-corrected chi connectivity index (χ1v) is 4.97. The van der Waals surface area contributed by atoms with Crippen LogP contribution in [0, 0.1) is 0 Å². The molecule has 6 heteroatoms. The maximum atomic E-state index is 5.20. The van der Waals surface area contributed by atoms with Gasteiger partial charge in [-0.2, -0.15) is 0 Å². The first-order chi connectivity index (χ1) is 5.90. The third-order valence-electron chi connectivity index (χ3n) is 1.31. The van der Waals surface area contributed by atoms with Crippen LogP contribution in [0.25, 0.3) is 10.6 Å². The molecule has 0 radical (unpaired) electrons. The van der Waals surface area contributed by atoms with E-state index in [-0.39, 0.29) is 0 Å². The Labute approximate surface area is 77.1 Å². The molecular formula is C6H6N4S2. The van der Waals surface area contributed by atoms with Crippen LogP contribution in [0.4, 0.5) is 5.13 Å². The lowest BCUT2D eigenvalue weighted by molar-refractivity contribution is 1.29. The molecular weight excluding hydrogens is 192 g/mol. The minimum atomic E-state index is 0.721. The largest absolute Gasteiger partial charge is 0.300 e. The Hall–Kier alpha value is -0.980. The van der Waals surface area contributed by atoms with Crippen LogP contribution in [0.1, 0.15) is 0 Å². The fourth-order valence-corrected chi connectivity index (χ4v) is 2.07. The molecule has 2 rings (SSSR count). The number of nitrogens with two attached hydrogens (primary N) is 1. The van der Waals surface area contributed by atoms with Crippen molar-refractivity contribution in [3.63, 3.8) is 0 Å². The first kappa shape index (κ1) is 7.66. The number of hydrogen-bond acceptors (Lipinski definition) is 6. The molecule has 2 aromatic heterocycles. The van der Waals surface area contributed by atoms with Gasteiger partial charge in [0.05, 0.1) is 16.1 Å². The van der Waals surface area contributed by atoms with Gasteiger partial charge in [0.1, 0.15) is 0 Å². The zero-order valence-corrected chi connectivity index (χ0v) is 7.65. The summed E-state index contributed by atoms with van der Waals surface area (Å²) in [5.74, 6) is 5.20. The summed E-state index contributed by atoms with van der Waals surface area (Å²) in [4.78, 5) is 9.25. The van der Waals surface area contributed by atoms with E-state index in [1.165, 1.54) is 11.3 Å². The molecule has 2 aromatic rings. The van der Waals surface area contributed by atoms with Crippen molar-refractivity contribution in [1.29, 1.82) is 0 Å². The number of nitrogens with one attached hydrogen (secondary N) is 1. The molecule has 0 aliphatic heterocycles. The molecule has 0 saturated carbocycles. The van der Waals surface area contributed by atoms with Gasteiger partial charge in [-0.1, -0.05) is 0 Å². The van der Waals surface area contributed by atoms with Crippen molar-refractivity contribution in [3.05, 3.63) is 17.1 Å². The van der Waals surface area contributed by atoms with Crippen LogP contribution in [0.5, 0.6) is 0 Å². The smallest absolute Gasteiger partial charge is 0.197 e. The van der Waals surface area contributed by atoms with E-state index >= 15 is 0 Å². The van der Waals surface area contributed by atoms with Gasteiger partial charge in [-0.15, -0.1) is 22.7 Å². The Bertz CT molecular complexity index is 353. The number of nitrogen functional groups attached to an aromatic ring is 1. The molecule has 3 N–H and O–H groups in total. The van der Waals surface area contributed by atoms with Crippen molar-refractivity contribution >= 4 is 27.8 Å². The van der Waals surface area contributed by atoms with Crippen LogP contribution in [-0.4, -0.2) is 9.97 Å². The summed E-state index contributed by atoms with van der Waals surface area (Å²) in [5.41, 5.74) is 5.21. The quantitative estimate of drug-likeness (QED) is 0.567. The van der Waals surface area contributed by atoms with Gasteiger partial charge < -0.3 is 0 Å². The van der Waals surface area contributed by atoms with Crippen LogP contribution in [0.3, 0.4) is 0 Å². The van der Waals surface area contributed by atoms with E-state index in [0.29, 0.717) is 0 Å². The van der Waals surface area contributed by atoms with Crippen molar-refractivity contribution in [2.75, 3.05) is 5.43 Å². The Morgan fingerprint density at radius 2 is 2.33 bits per heavy atom. The standard InChI is InChI=1S/C6H6N4S2/c7-10-6-9-4(2-11-6)5-1-8-3-12-5/h1-3H,7H2,(H,9,10). The van der Waals surface area contributed by atoms with Gasteiger partial charge >= 0.3 is 0 Å². The average molecular weight is 198 g/mol. The third kappa shape index (κ3) is 1.31. The van der Waals surface area contributed by atoms with E-state index < -0.39 is 0 Å². The van der Waals surface area contributed by atoms with E-state index in [4.69, 9.17) is 5.84 Å². The highest BCUT2D eigenvalue weighted by Crippen LogP contribution is 2.26. The molecule has 0 saturated heterocycles. The topological polar surface area (TPSA) is 63.8 Å². The number of hydrogen-bond donors (Lipinski definition) is 2. The molecule has 0 fully saturated rings. The van der Waals surface area contributed by atoms with Crippen LogP contribution < -0.4 is 11.3 Å². The third-order valence-corrected chi connectivity index (χ3v) is 2.88. The van der Waals surface area contributed by atoms with Gasteiger partial charge in [-0.3, -0.25) is 10.4 Å². The zero-order valence-electron chi connectivity index (χ0n) is 6.02. The number of rotatable bonds is 2. The second-order valence-electron chi connectivity index (χ2n) is 2.05. The van der Waals surface area contributed by atoms with Gasteiger partial charge in [0.15, 0.2) is 5.13 Å². The summed E-state index contributed by atoms with van der Waals surface area (Å²) in [5, 5.41) is 2.67. The molecule has 2 heterocycles. The lowest BCUT2D eigenvalue weighted by atomic mass is 10.4. The summed E-state index contributed by atoms with van der Waals surface area (Å²) in [7, 11) is 0. The van der Waals surface area contributed by atoms with Crippen molar-refractivity contribution in [3.8, 4) is 10.6 Å². The molecule has 0 amide bonds. The van der Waals surface area contributed by atoms with Gasteiger partial charge in [0, 0.05) is 11.6 Å². The van der Waals surface area contributed by atoms with Crippen molar-refractivity contribution in [2.45, 2.75) is 0 Å². The maximum Gasteiger partial charge on any atom is 0.197 e. The number of anilines is 1. The monoisotopic (exact) mass is 198 g/mol. The summed E-state index contributed by atoms with van der Waals surface area (Å²) < 4.78 is 0. The number of aromatic nitrogens is 2.